The minimum atomic E-state index is 0.451. The van der Waals surface area contributed by atoms with Gasteiger partial charge < -0.3 is 24.9 Å². The molecule has 0 aliphatic carbocycles. The number of fused-ring (bicyclic) bond motifs is 3. The van der Waals surface area contributed by atoms with Crippen molar-refractivity contribution >= 4 is 28.0 Å². The summed E-state index contributed by atoms with van der Waals surface area (Å²) in [6.45, 7) is 3.49. The molecule has 7 nitrogen and oxygen atoms in total. The fraction of sp³-hybridized carbons (Fsp3) is 0.500. The summed E-state index contributed by atoms with van der Waals surface area (Å²) in [5.74, 6) is 0.916. The van der Waals surface area contributed by atoms with Crippen LogP contribution in [0.3, 0.4) is 0 Å². The van der Waals surface area contributed by atoms with E-state index in [-0.39, 0.29) is 0 Å². The fourth-order valence-electron chi connectivity index (χ4n) is 3.40. The van der Waals surface area contributed by atoms with Gasteiger partial charge in [0.05, 0.1) is 18.3 Å². The first-order valence-corrected chi connectivity index (χ1v) is 8.16. The van der Waals surface area contributed by atoms with Crippen LogP contribution in [0.25, 0.3) is 22.1 Å². The summed E-state index contributed by atoms with van der Waals surface area (Å²) in [5.41, 5.74) is 3.02. The van der Waals surface area contributed by atoms with E-state index in [4.69, 9.17) is 9.72 Å². The van der Waals surface area contributed by atoms with Crippen molar-refractivity contribution in [1.82, 2.24) is 24.8 Å². The Morgan fingerprint density at radius 2 is 2.26 bits per heavy atom. The lowest BCUT2D eigenvalue weighted by Gasteiger charge is -2.26. The van der Waals surface area contributed by atoms with Crippen molar-refractivity contribution in [2.45, 2.75) is 18.9 Å². The van der Waals surface area contributed by atoms with E-state index in [2.05, 4.69) is 31.2 Å². The minimum absolute atomic E-state index is 0.451. The van der Waals surface area contributed by atoms with Crippen LogP contribution in [-0.4, -0.2) is 52.9 Å². The number of anilines is 1. The molecular weight excluding hydrogens is 292 g/mol. The smallest absolute Gasteiger partial charge is 0.204 e. The molecule has 122 valence electrons. The van der Waals surface area contributed by atoms with E-state index in [0.717, 1.165) is 55.0 Å². The number of imidazole rings is 1. The van der Waals surface area contributed by atoms with Crippen LogP contribution >= 0.6 is 0 Å². The van der Waals surface area contributed by atoms with Crippen molar-refractivity contribution in [3.63, 3.8) is 0 Å². The molecule has 4 heterocycles. The molecule has 23 heavy (non-hydrogen) atoms. The van der Waals surface area contributed by atoms with Gasteiger partial charge in [-0.15, -0.1) is 0 Å². The van der Waals surface area contributed by atoms with Crippen LogP contribution in [0.1, 0.15) is 18.9 Å². The van der Waals surface area contributed by atoms with Gasteiger partial charge in [-0.3, -0.25) is 0 Å². The van der Waals surface area contributed by atoms with Crippen molar-refractivity contribution in [3.8, 4) is 0 Å². The van der Waals surface area contributed by atoms with Gasteiger partial charge in [-0.2, -0.15) is 0 Å². The SMILES string of the molecule is COCCNc1nc2cnc3[nH]ccc3c2n1C1CCNCC1. The summed E-state index contributed by atoms with van der Waals surface area (Å²) in [6.07, 6.45) is 6.01. The van der Waals surface area contributed by atoms with E-state index in [1.807, 2.05) is 12.4 Å². The second-order valence-electron chi connectivity index (χ2n) is 5.94. The highest BCUT2D eigenvalue weighted by Gasteiger charge is 2.23. The minimum Gasteiger partial charge on any atom is -0.383 e. The topological polar surface area (TPSA) is 79.8 Å². The molecule has 0 aromatic carbocycles. The first kappa shape index (κ1) is 14.5. The standard InChI is InChI=1S/C16H22N6O/c1-23-9-8-19-16-21-13-10-20-15-12(4-7-18-15)14(13)22(16)11-2-5-17-6-3-11/h4,7,10-11,17H,2-3,5-6,8-9H2,1H3,(H,18,20)(H,19,21). The molecule has 1 fully saturated rings. The molecule has 3 aromatic rings. The lowest BCUT2D eigenvalue weighted by atomic mass is 10.1. The van der Waals surface area contributed by atoms with Gasteiger partial charge in [0, 0.05) is 31.3 Å². The van der Waals surface area contributed by atoms with Crippen LogP contribution in [0, 0.1) is 0 Å². The molecular formula is C16H22N6O. The highest BCUT2D eigenvalue weighted by atomic mass is 16.5. The lowest BCUT2D eigenvalue weighted by Crippen LogP contribution is -2.30. The molecule has 0 amide bonds. The second-order valence-corrected chi connectivity index (χ2v) is 5.94. The average Bonchev–Trinajstić information content (AvgIpc) is 3.19. The molecule has 1 saturated heterocycles. The molecule has 0 bridgehead atoms. The Hall–Kier alpha value is -2.12. The number of methoxy groups -OCH3 is 1. The van der Waals surface area contributed by atoms with E-state index in [1.54, 1.807) is 7.11 Å². The summed E-state index contributed by atoms with van der Waals surface area (Å²) in [4.78, 5) is 12.5. The second kappa shape index (κ2) is 6.17. The first-order chi connectivity index (χ1) is 11.4. The normalized spacial score (nSPS) is 16.4. The van der Waals surface area contributed by atoms with Crippen molar-refractivity contribution < 1.29 is 4.74 Å². The number of aromatic nitrogens is 4. The van der Waals surface area contributed by atoms with Gasteiger partial charge in [-0.25, -0.2) is 9.97 Å². The monoisotopic (exact) mass is 314 g/mol. The maximum absolute atomic E-state index is 5.15. The Morgan fingerprint density at radius 1 is 1.39 bits per heavy atom. The third-order valence-electron chi connectivity index (χ3n) is 4.50. The molecule has 0 atom stereocenters. The van der Waals surface area contributed by atoms with E-state index < -0.39 is 0 Å². The van der Waals surface area contributed by atoms with E-state index in [1.165, 1.54) is 5.52 Å². The van der Waals surface area contributed by atoms with Gasteiger partial charge in [0.25, 0.3) is 0 Å². The molecule has 0 unspecified atom stereocenters. The average molecular weight is 314 g/mol. The van der Waals surface area contributed by atoms with Crippen LogP contribution in [0.4, 0.5) is 5.95 Å². The highest BCUT2D eigenvalue weighted by Crippen LogP contribution is 2.32. The van der Waals surface area contributed by atoms with Crippen LogP contribution in [0.15, 0.2) is 18.5 Å². The van der Waals surface area contributed by atoms with Crippen molar-refractivity contribution in [2.24, 2.45) is 0 Å². The van der Waals surface area contributed by atoms with Gasteiger partial charge in [0.15, 0.2) is 0 Å². The number of nitrogens with zero attached hydrogens (tertiary/aromatic N) is 3. The number of pyridine rings is 1. The number of rotatable bonds is 5. The molecule has 3 aromatic heterocycles. The van der Waals surface area contributed by atoms with Gasteiger partial charge in [-0.05, 0) is 32.0 Å². The quantitative estimate of drug-likeness (QED) is 0.627. The fourth-order valence-corrected chi connectivity index (χ4v) is 3.40. The van der Waals surface area contributed by atoms with Gasteiger partial charge in [0.1, 0.15) is 11.2 Å². The van der Waals surface area contributed by atoms with Crippen LogP contribution in [0.2, 0.25) is 0 Å². The molecule has 4 rings (SSSR count). The molecule has 0 saturated carbocycles. The summed E-state index contributed by atoms with van der Waals surface area (Å²) < 4.78 is 7.52. The number of ether oxygens (including phenoxy) is 1. The highest BCUT2D eigenvalue weighted by molar-refractivity contribution is 6.02. The largest absolute Gasteiger partial charge is 0.383 e. The molecule has 7 heteroatoms. The van der Waals surface area contributed by atoms with Crippen molar-refractivity contribution in [2.75, 3.05) is 38.7 Å². The number of hydrogen-bond acceptors (Lipinski definition) is 5. The number of H-pyrrole nitrogens is 1. The predicted molar refractivity (Wildman–Crippen MR) is 90.9 cm³/mol. The third kappa shape index (κ3) is 2.55. The number of hydrogen-bond donors (Lipinski definition) is 3. The number of nitrogens with one attached hydrogen (secondary N) is 3. The molecule has 0 radical (unpaired) electrons. The zero-order chi connectivity index (χ0) is 15.6. The predicted octanol–water partition coefficient (Wildman–Crippen LogP) is 1.90. The summed E-state index contributed by atoms with van der Waals surface area (Å²) in [7, 11) is 1.71. The van der Waals surface area contributed by atoms with E-state index in [9.17, 15) is 0 Å². The zero-order valence-electron chi connectivity index (χ0n) is 13.3. The molecule has 3 N–H and O–H groups in total. The van der Waals surface area contributed by atoms with Crippen molar-refractivity contribution in [1.29, 1.82) is 0 Å². The summed E-state index contributed by atoms with van der Waals surface area (Å²) >= 11 is 0. The molecule has 1 aliphatic rings. The summed E-state index contributed by atoms with van der Waals surface area (Å²) in [5, 5.41) is 7.99. The van der Waals surface area contributed by atoms with Crippen LogP contribution in [-0.2, 0) is 4.74 Å². The first-order valence-electron chi connectivity index (χ1n) is 8.16. The third-order valence-corrected chi connectivity index (χ3v) is 4.50. The molecule has 1 aliphatic heterocycles. The summed E-state index contributed by atoms with van der Waals surface area (Å²) in [6, 6.07) is 2.54. The number of piperidine rings is 1. The Balaban J connectivity index is 1.85. The Bertz CT molecular complexity index is 801. The van der Waals surface area contributed by atoms with Gasteiger partial charge >= 0.3 is 0 Å². The maximum Gasteiger partial charge on any atom is 0.204 e. The van der Waals surface area contributed by atoms with Gasteiger partial charge in [0.2, 0.25) is 5.95 Å². The van der Waals surface area contributed by atoms with Crippen molar-refractivity contribution in [3.05, 3.63) is 18.5 Å². The van der Waals surface area contributed by atoms with Crippen LogP contribution in [0.5, 0.6) is 0 Å². The maximum atomic E-state index is 5.15. The van der Waals surface area contributed by atoms with E-state index >= 15 is 0 Å². The lowest BCUT2D eigenvalue weighted by molar-refractivity contribution is 0.210. The van der Waals surface area contributed by atoms with Crippen LogP contribution < -0.4 is 10.6 Å². The zero-order valence-corrected chi connectivity index (χ0v) is 13.3. The Morgan fingerprint density at radius 3 is 3.09 bits per heavy atom. The Kier molecular flexibility index (Phi) is 3.88. The van der Waals surface area contributed by atoms with E-state index in [0.29, 0.717) is 12.6 Å². The molecule has 0 spiro atoms. The van der Waals surface area contributed by atoms with Gasteiger partial charge in [-0.1, -0.05) is 0 Å². The Labute approximate surface area is 134 Å². The number of aromatic amines is 1.